The number of ketones is 1. The van der Waals surface area contributed by atoms with Crippen LogP contribution < -0.4 is 5.32 Å². The summed E-state index contributed by atoms with van der Waals surface area (Å²) in [4.78, 5) is 35.6. The number of Topliss-reactive ketones (excluding diaryl/α,β-unsaturated/α-hetero) is 1. The molecule has 0 saturated heterocycles. The van der Waals surface area contributed by atoms with Crippen LogP contribution in [0.15, 0.2) is 40.8 Å². The maximum absolute atomic E-state index is 12.2. The second-order valence-corrected chi connectivity index (χ2v) is 7.18. The van der Waals surface area contributed by atoms with Gasteiger partial charge in [0.2, 0.25) is 5.76 Å². The van der Waals surface area contributed by atoms with Crippen LogP contribution in [0, 0.1) is 11.3 Å². The van der Waals surface area contributed by atoms with E-state index < -0.39 is 24.0 Å². The minimum Gasteiger partial charge on any atom is -0.450 e. The summed E-state index contributed by atoms with van der Waals surface area (Å²) in [5.74, 6) is -0.891. The van der Waals surface area contributed by atoms with Crippen molar-refractivity contribution < 1.29 is 23.5 Å². The third-order valence-corrected chi connectivity index (χ3v) is 5.02. The van der Waals surface area contributed by atoms with E-state index >= 15 is 0 Å². The van der Waals surface area contributed by atoms with E-state index in [1.54, 1.807) is 30.3 Å². The number of carbonyl (C=O) groups excluding carboxylic acids is 3. The number of amides is 1. The number of nitrogens with one attached hydrogen (secondary N) is 1. The van der Waals surface area contributed by atoms with E-state index in [1.807, 2.05) is 0 Å². The molecule has 29 heavy (non-hydrogen) atoms. The number of benzene rings is 1. The van der Waals surface area contributed by atoms with Crippen LogP contribution >= 0.6 is 0 Å². The number of furan rings is 1. The molecular weight excluding hydrogens is 372 g/mol. The summed E-state index contributed by atoms with van der Waals surface area (Å²) in [6.45, 7) is 1.00. The normalized spacial score (nSPS) is 15.2. The predicted molar refractivity (Wildman–Crippen MR) is 104 cm³/mol. The van der Waals surface area contributed by atoms with Crippen molar-refractivity contribution in [1.82, 2.24) is 5.32 Å². The monoisotopic (exact) mass is 394 g/mol. The zero-order valence-electron chi connectivity index (χ0n) is 16.2. The lowest BCUT2D eigenvalue weighted by Gasteiger charge is -2.31. The van der Waals surface area contributed by atoms with Gasteiger partial charge in [-0.3, -0.25) is 9.59 Å². The fourth-order valence-electron chi connectivity index (χ4n) is 3.40. The molecular formula is C22H22N2O5. The summed E-state index contributed by atoms with van der Waals surface area (Å²) in [5, 5.41) is 12.1. The van der Waals surface area contributed by atoms with E-state index in [1.165, 1.54) is 13.0 Å². The Bertz CT molecular complexity index is 946. The molecule has 1 fully saturated rings. The summed E-state index contributed by atoms with van der Waals surface area (Å²) in [7, 11) is 0. The fraction of sp³-hybridized carbons (Fsp3) is 0.364. The summed E-state index contributed by atoms with van der Waals surface area (Å²) in [5.41, 5.74) is 0.421. The van der Waals surface area contributed by atoms with E-state index in [9.17, 15) is 19.6 Å². The van der Waals surface area contributed by atoms with Gasteiger partial charge in [0.1, 0.15) is 11.3 Å². The Hall–Kier alpha value is -3.40. The topological polar surface area (TPSA) is 109 Å². The van der Waals surface area contributed by atoms with Crippen molar-refractivity contribution in [2.24, 2.45) is 0 Å². The summed E-state index contributed by atoms with van der Waals surface area (Å²) < 4.78 is 10.5. The predicted octanol–water partition coefficient (Wildman–Crippen LogP) is 3.65. The Morgan fingerprint density at radius 1 is 1.10 bits per heavy atom. The highest BCUT2D eigenvalue weighted by atomic mass is 16.5. The van der Waals surface area contributed by atoms with Crippen LogP contribution in [-0.4, -0.2) is 29.8 Å². The first-order valence-corrected chi connectivity index (χ1v) is 9.53. The lowest BCUT2D eigenvalue weighted by molar-refractivity contribution is -0.126. The molecule has 0 bridgehead atoms. The zero-order chi connectivity index (χ0) is 20.9. The number of hydrogen-bond acceptors (Lipinski definition) is 6. The van der Waals surface area contributed by atoms with Crippen LogP contribution in [0.3, 0.4) is 0 Å². The molecule has 7 nitrogen and oxygen atoms in total. The Labute approximate surface area is 168 Å². The molecule has 0 spiro atoms. The Kier molecular flexibility index (Phi) is 6.13. The first-order valence-electron chi connectivity index (χ1n) is 9.53. The molecule has 2 aromatic rings. The molecule has 1 N–H and O–H groups in total. The molecule has 1 aliphatic rings. The third kappa shape index (κ3) is 4.91. The van der Waals surface area contributed by atoms with Crippen molar-refractivity contribution in [2.75, 3.05) is 6.61 Å². The number of esters is 1. The van der Waals surface area contributed by atoms with Crippen molar-refractivity contribution in [1.29, 1.82) is 5.26 Å². The second-order valence-electron chi connectivity index (χ2n) is 7.18. The molecule has 1 aromatic heterocycles. The molecule has 1 amide bonds. The first kappa shape index (κ1) is 20.3. The maximum Gasteiger partial charge on any atom is 0.374 e. The van der Waals surface area contributed by atoms with E-state index in [0.717, 1.165) is 19.3 Å². The molecule has 1 aromatic carbocycles. The average Bonchev–Trinajstić information content (AvgIpc) is 3.23. The van der Waals surface area contributed by atoms with Gasteiger partial charge in [0.05, 0.1) is 6.07 Å². The van der Waals surface area contributed by atoms with Gasteiger partial charge in [0.15, 0.2) is 12.4 Å². The van der Waals surface area contributed by atoms with Crippen molar-refractivity contribution in [3.05, 3.63) is 47.7 Å². The van der Waals surface area contributed by atoms with Crippen LogP contribution in [-0.2, 0) is 9.53 Å². The van der Waals surface area contributed by atoms with Crippen molar-refractivity contribution >= 4 is 17.7 Å². The minimum atomic E-state index is -0.869. The quantitative estimate of drug-likeness (QED) is 0.592. The number of carbonyl (C=O) groups is 3. The lowest BCUT2D eigenvalue weighted by Crippen LogP contribution is -2.50. The molecule has 0 atom stereocenters. The van der Waals surface area contributed by atoms with Crippen LogP contribution in [0.25, 0.3) is 11.3 Å². The van der Waals surface area contributed by atoms with Gasteiger partial charge in [0.25, 0.3) is 5.91 Å². The largest absolute Gasteiger partial charge is 0.450 e. The van der Waals surface area contributed by atoms with Gasteiger partial charge in [-0.1, -0.05) is 43.5 Å². The SMILES string of the molecule is CC(=O)c1ccc(-c2ccc(C(=O)OCC(=O)NC3(C#N)CCCCC3)o2)cc1. The molecule has 7 heteroatoms. The molecule has 1 saturated carbocycles. The molecule has 1 aliphatic carbocycles. The molecule has 0 aliphatic heterocycles. The number of hydrogen-bond donors (Lipinski definition) is 1. The van der Waals surface area contributed by atoms with Crippen LogP contribution in [0.1, 0.15) is 59.9 Å². The highest BCUT2D eigenvalue weighted by Crippen LogP contribution is 2.27. The van der Waals surface area contributed by atoms with E-state index in [2.05, 4.69) is 11.4 Å². The summed E-state index contributed by atoms with van der Waals surface area (Å²) in [6.07, 6.45) is 4.03. The molecule has 1 heterocycles. The average molecular weight is 394 g/mol. The number of nitrogens with zero attached hydrogens (tertiary/aromatic N) is 1. The van der Waals surface area contributed by atoms with Gasteiger partial charge in [-0.05, 0) is 31.9 Å². The van der Waals surface area contributed by atoms with Gasteiger partial charge < -0.3 is 14.5 Å². The molecule has 150 valence electrons. The van der Waals surface area contributed by atoms with Gasteiger partial charge in [-0.25, -0.2) is 4.79 Å². The van der Waals surface area contributed by atoms with Crippen molar-refractivity contribution in [2.45, 2.75) is 44.6 Å². The van der Waals surface area contributed by atoms with Gasteiger partial charge >= 0.3 is 5.97 Å². The molecule has 0 radical (unpaired) electrons. The molecule has 3 rings (SSSR count). The highest BCUT2D eigenvalue weighted by molar-refractivity contribution is 5.94. The second kappa shape index (κ2) is 8.74. The van der Waals surface area contributed by atoms with Gasteiger partial charge in [-0.2, -0.15) is 5.26 Å². The molecule has 0 unspecified atom stereocenters. The van der Waals surface area contributed by atoms with Crippen LogP contribution in [0.5, 0.6) is 0 Å². The van der Waals surface area contributed by atoms with Gasteiger partial charge in [-0.15, -0.1) is 0 Å². The van der Waals surface area contributed by atoms with E-state index in [0.29, 0.717) is 29.7 Å². The standard InChI is InChI=1S/C22H22N2O5/c1-15(25)16-5-7-17(8-6-16)18-9-10-19(29-18)21(27)28-13-20(26)24-22(14-23)11-3-2-4-12-22/h5-10H,2-4,11-13H2,1H3,(H,24,26). The number of nitriles is 1. The van der Waals surface area contributed by atoms with Crippen LogP contribution in [0.4, 0.5) is 0 Å². The van der Waals surface area contributed by atoms with E-state index in [-0.39, 0.29) is 11.5 Å². The van der Waals surface area contributed by atoms with Crippen molar-refractivity contribution in [3.8, 4) is 17.4 Å². The van der Waals surface area contributed by atoms with Crippen LogP contribution in [0.2, 0.25) is 0 Å². The first-order chi connectivity index (χ1) is 13.9. The van der Waals surface area contributed by atoms with E-state index in [4.69, 9.17) is 9.15 Å². The highest BCUT2D eigenvalue weighted by Gasteiger charge is 2.33. The Morgan fingerprint density at radius 2 is 1.79 bits per heavy atom. The number of rotatable bonds is 6. The Morgan fingerprint density at radius 3 is 2.41 bits per heavy atom. The summed E-state index contributed by atoms with van der Waals surface area (Å²) >= 11 is 0. The summed E-state index contributed by atoms with van der Waals surface area (Å²) in [6, 6.07) is 12.1. The van der Waals surface area contributed by atoms with Gasteiger partial charge in [0, 0.05) is 11.1 Å². The minimum absolute atomic E-state index is 0.0314. The smallest absolute Gasteiger partial charge is 0.374 e. The number of ether oxygens (including phenoxy) is 1. The fourth-order valence-corrected chi connectivity index (χ4v) is 3.40. The lowest BCUT2D eigenvalue weighted by atomic mass is 9.83. The zero-order valence-corrected chi connectivity index (χ0v) is 16.2. The Balaban J connectivity index is 1.57. The third-order valence-electron chi connectivity index (χ3n) is 5.02. The maximum atomic E-state index is 12.2. The van der Waals surface area contributed by atoms with Crippen molar-refractivity contribution in [3.63, 3.8) is 0 Å².